The maximum Gasteiger partial charge on any atom is 0.311 e. The second-order valence-electron chi connectivity index (χ2n) is 4.99. The van der Waals surface area contributed by atoms with Gasteiger partial charge in [-0.05, 0) is 55.3 Å². The van der Waals surface area contributed by atoms with Gasteiger partial charge in [-0.3, -0.25) is 15.1 Å². The third-order valence-electron chi connectivity index (χ3n) is 3.47. The van der Waals surface area contributed by atoms with E-state index in [4.69, 9.17) is 0 Å². The van der Waals surface area contributed by atoms with Gasteiger partial charge in [0.15, 0.2) is 0 Å². The molecule has 7 heteroatoms. The number of anilines is 1. The summed E-state index contributed by atoms with van der Waals surface area (Å²) in [6, 6.07) is 0.165. The van der Waals surface area contributed by atoms with Gasteiger partial charge in [0.1, 0.15) is 11.9 Å². The first-order valence-corrected chi connectivity index (χ1v) is 8.05. The highest BCUT2D eigenvalue weighted by atomic mass is 79.9. The lowest BCUT2D eigenvalue weighted by molar-refractivity contribution is -0.384. The van der Waals surface area contributed by atoms with Crippen molar-refractivity contribution >= 4 is 27.3 Å². The predicted octanol–water partition coefficient (Wildman–Crippen LogP) is 3.67. The number of pyridine rings is 1. The fraction of sp³-hybridized carbons (Fsp3) is 0.643. The highest BCUT2D eigenvalue weighted by molar-refractivity contribution is 9.10. The molecule has 0 saturated carbocycles. The molecule has 21 heavy (non-hydrogen) atoms. The largest absolute Gasteiger partial charge is 0.376 e. The van der Waals surface area contributed by atoms with Gasteiger partial charge in [-0.1, -0.05) is 13.8 Å². The highest BCUT2D eigenvalue weighted by Crippen LogP contribution is 2.31. The molecule has 1 N–H and O–H groups in total. The lowest BCUT2D eigenvalue weighted by Gasteiger charge is -2.20. The Morgan fingerprint density at radius 1 is 1.43 bits per heavy atom. The number of hydrogen-bond acceptors (Lipinski definition) is 5. The van der Waals surface area contributed by atoms with Crippen LogP contribution in [0.2, 0.25) is 0 Å². The molecule has 1 unspecified atom stereocenters. The van der Waals surface area contributed by atoms with E-state index in [0.29, 0.717) is 10.2 Å². The number of aromatic nitrogens is 1. The van der Waals surface area contributed by atoms with E-state index in [1.165, 1.54) is 6.20 Å². The van der Waals surface area contributed by atoms with E-state index in [2.05, 4.69) is 45.0 Å². The van der Waals surface area contributed by atoms with Gasteiger partial charge >= 0.3 is 5.69 Å². The molecule has 0 aliphatic rings. The zero-order chi connectivity index (χ0) is 15.8. The molecule has 0 amide bonds. The van der Waals surface area contributed by atoms with Crippen LogP contribution in [0.1, 0.15) is 33.6 Å². The van der Waals surface area contributed by atoms with Crippen molar-refractivity contribution in [1.29, 1.82) is 0 Å². The summed E-state index contributed by atoms with van der Waals surface area (Å²) in [6.07, 6.45) is 4.86. The van der Waals surface area contributed by atoms with Gasteiger partial charge in [0.25, 0.3) is 0 Å². The van der Waals surface area contributed by atoms with Gasteiger partial charge in [-0.2, -0.15) is 0 Å². The minimum absolute atomic E-state index is 0.0000297. The lowest BCUT2D eigenvalue weighted by Crippen LogP contribution is -2.25. The number of hydrogen-bond donors (Lipinski definition) is 1. The standard InChI is InChI=1S/C14H23BrN4O2/c1-4-18(5-2)8-6-7-11(3)17-14-12(15)9-16-10-13(14)19(20)21/h9-11H,4-8H2,1-3H3,(H,16,17). The number of nitro groups is 1. The summed E-state index contributed by atoms with van der Waals surface area (Å²) in [5, 5.41) is 14.3. The van der Waals surface area contributed by atoms with Crippen molar-refractivity contribution in [2.24, 2.45) is 0 Å². The van der Waals surface area contributed by atoms with Crippen molar-refractivity contribution in [3.63, 3.8) is 0 Å². The van der Waals surface area contributed by atoms with Crippen LogP contribution >= 0.6 is 15.9 Å². The molecular weight excluding hydrogens is 336 g/mol. The third-order valence-corrected chi connectivity index (χ3v) is 4.07. The Hall–Kier alpha value is -1.21. The first-order valence-electron chi connectivity index (χ1n) is 7.26. The van der Waals surface area contributed by atoms with Gasteiger partial charge in [0.05, 0.1) is 9.40 Å². The van der Waals surface area contributed by atoms with Crippen molar-refractivity contribution in [3.8, 4) is 0 Å². The molecule has 118 valence electrons. The van der Waals surface area contributed by atoms with Crippen LogP contribution in [-0.2, 0) is 0 Å². The van der Waals surface area contributed by atoms with E-state index in [9.17, 15) is 10.1 Å². The van der Waals surface area contributed by atoms with Crippen molar-refractivity contribution in [2.75, 3.05) is 25.0 Å². The SMILES string of the molecule is CCN(CC)CCCC(C)Nc1c(Br)cncc1[N+](=O)[O-]. The van der Waals surface area contributed by atoms with Crippen LogP contribution in [0.5, 0.6) is 0 Å². The third kappa shape index (κ3) is 5.59. The van der Waals surface area contributed by atoms with Crippen molar-refractivity contribution in [1.82, 2.24) is 9.88 Å². The summed E-state index contributed by atoms with van der Waals surface area (Å²) >= 11 is 3.32. The zero-order valence-corrected chi connectivity index (χ0v) is 14.4. The maximum atomic E-state index is 11.0. The molecule has 0 aliphatic carbocycles. The van der Waals surface area contributed by atoms with Gasteiger partial charge in [-0.25, -0.2) is 0 Å². The monoisotopic (exact) mass is 358 g/mol. The molecule has 0 aliphatic heterocycles. The fourth-order valence-electron chi connectivity index (χ4n) is 2.19. The topological polar surface area (TPSA) is 71.3 Å². The Morgan fingerprint density at radius 2 is 2.10 bits per heavy atom. The van der Waals surface area contributed by atoms with Gasteiger partial charge in [0.2, 0.25) is 0 Å². The van der Waals surface area contributed by atoms with Crippen LogP contribution in [0.3, 0.4) is 0 Å². The first-order chi connectivity index (χ1) is 9.99. The summed E-state index contributed by atoms with van der Waals surface area (Å²) in [6.45, 7) is 9.52. The molecule has 1 aromatic rings. The van der Waals surface area contributed by atoms with Crippen LogP contribution in [0, 0.1) is 10.1 Å². The van der Waals surface area contributed by atoms with Gasteiger partial charge in [-0.15, -0.1) is 0 Å². The number of nitrogens with one attached hydrogen (secondary N) is 1. The van der Waals surface area contributed by atoms with Crippen LogP contribution in [0.4, 0.5) is 11.4 Å². The summed E-state index contributed by atoms with van der Waals surface area (Å²) in [4.78, 5) is 16.8. The Kier molecular flexibility index (Phi) is 7.60. The van der Waals surface area contributed by atoms with E-state index in [1.807, 2.05) is 6.92 Å². The predicted molar refractivity (Wildman–Crippen MR) is 88.7 cm³/mol. The lowest BCUT2D eigenvalue weighted by atomic mass is 10.1. The van der Waals surface area contributed by atoms with E-state index < -0.39 is 4.92 Å². The minimum atomic E-state index is -0.414. The van der Waals surface area contributed by atoms with Crippen LogP contribution in [0.15, 0.2) is 16.9 Å². The average molecular weight is 359 g/mol. The second kappa shape index (κ2) is 8.94. The summed E-state index contributed by atoms with van der Waals surface area (Å²) in [7, 11) is 0. The molecule has 0 radical (unpaired) electrons. The van der Waals surface area contributed by atoms with E-state index in [0.717, 1.165) is 32.5 Å². The highest BCUT2D eigenvalue weighted by Gasteiger charge is 2.18. The van der Waals surface area contributed by atoms with Crippen molar-refractivity contribution < 1.29 is 4.92 Å². The van der Waals surface area contributed by atoms with E-state index in [1.54, 1.807) is 6.20 Å². The quantitative estimate of drug-likeness (QED) is 0.538. The molecule has 0 spiro atoms. The van der Waals surface area contributed by atoms with E-state index in [-0.39, 0.29) is 11.7 Å². The molecule has 1 heterocycles. The first kappa shape index (κ1) is 17.8. The Labute approximate surface area is 134 Å². The molecule has 0 fully saturated rings. The maximum absolute atomic E-state index is 11.0. The fourth-order valence-corrected chi connectivity index (χ4v) is 2.62. The smallest absolute Gasteiger partial charge is 0.311 e. The van der Waals surface area contributed by atoms with Crippen molar-refractivity contribution in [3.05, 3.63) is 27.0 Å². The Bertz CT molecular complexity index is 466. The zero-order valence-electron chi connectivity index (χ0n) is 12.8. The van der Waals surface area contributed by atoms with Crippen LogP contribution < -0.4 is 5.32 Å². The number of rotatable bonds is 9. The molecule has 6 nitrogen and oxygen atoms in total. The molecule has 1 atom stereocenters. The molecule has 1 aromatic heterocycles. The molecule has 0 aromatic carbocycles. The van der Waals surface area contributed by atoms with Crippen LogP contribution in [-0.4, -0.2) is 40.5 Å². The van der Waals surface area contributed by atoms with Gasteiger partial charge < -0.3 is 10.2 Å². The Balaban J connectivity index is 2.59. The molecule has 0 bridgehead atoms. The molecule has 1 rings (SSSR count). The van der Waals surface area contributed by atoms with Crippen molar-refractivity contribution in [2.45, 2.75) is 39.7 Å². The summed E-state index contributed by atoms with van der Waals surface area (Å²) in [5.74, 6) is 0. The molecule has 0 saturated heterocycles. The van der Waals surface area contributed by atoms with E-state index >= 15 is 0 Å². The minimum Gasteiger partial charge on any atom is -0.376 e. The second-order valence-corrected chi connectivity index (χ2v) is 5.84. The summed E-state index contributed by atoms with van der Waals surface area (Å²) < 4.78 is 0.618. The average Bonchev–Trinajstić information content (AvgIpc) is 2.45. The van der Waals surface area contributed by atoms with Crippen LogP contribution in [0.25, 0.3) is 0 Å². The number of halogens is 1. The van der Waals surface area contributed by atoms with Gasteiger partial charge in [0, 0.05) is 12.2 Å². The molecular formula is C14H23BrN4O2. The normalized spacial score (nSPS) is 12.4. The summed E-state index contributed by atoms with van der Waals surface area (Å²) in [5.41, 5.74) is 0.505. The Morgan fingerprint density at radius 3 is 2.67 bits per heavy atom. The number of nitrogens with zero attached hydrogens (tertiary/aromatic N) is 3.